The highest BCUT2D eigenvalue weighted by molar-refractivity contribution is 5.99. The van der Waals surface area contributed by atoms with Crippen LogP contribution in [0.4, 0.5) is 5.69 Å². The molecule has 1 aromatic carbocycles. The summed E-state index contributed by atoms with van der Waals surface area (Å²) in [7, 11) is 1.72. The molecule has 3 rings (SSSR count). The molecule has 0 spiro atoms. The van der Waals surface area contributed by atoms with E-state index in [1.165, 1.54) is 0 Å². The molecule has 1 unspecified atom stereocenters. The first-order valence-corrected chi connectivity index (χ1v) is 7.77. The van der Waals surface area contributed by atoms with Crippen LogP contribution in [0.3, 0.4) is 0 Å². The minimum Gasteiger partial charge on any atom is -0.479 e. The molecule has 1 N–H and O–H groups in total. The maximum absolute atomic E-state index is 12.1. The van der Waals surface area contributed by atoms with Crippen LogP contribution in [0.1, 0.15) is 18.1 Å². The van der Waals surface area contributed by atoms with Crippen molar-refractivity contribution in [3.8, 4) is 5.75 Å². The zero-order valence-corrected chi connectivity index (χ0v) is 13.7. The number of nitrogens with zero attached hydrogens (tertiary/aromatic N) is 2. The number of anilines is 1. The molecule has 2 amide bonds. The average molecular weight is 325 g/mol. The van der Waals surface area contributed by atoms with Gasteiger partial charge in [-0.15, -0.1) is 0 Å². The number of aromatic nitrogens is 1. The lowest BCUT2D eigenvalue weighted by molar-refractivity contribution is -0.125. The predicted molar refractivity (Wildman–Crippen MR) is 89.7 cm³/mol. The highest BCUT2D eigenvalue weighted by Crippen LogP contribution is 2.33. The molecule has 0 bridgehead atoms. The highest BCUT2D eigenvalue weighted by Gasteiger charge is 2.28. The average Bonchev–Trinajstić information content (AvgIpc) is 2.59. The topological polar surface area (TPSA) is 71.5 Å². The van der Waals surface area contributed by atoms with Crippen LogP contribution in [-0.2, 0) is 22.6 Å². The number of hydrogen-bond acceptors (Lipinski definition) is 4. The number of nitrogens with one attached hydrogen (secondary N) is 1. The summed E-state index contributed by atoms with van der Waals surface area (Å²) in [4.78, 5) is 29.6. The van der Waals surface area contributed by atoms with E-state index in [4.69, 9.17) is 4.74 Å². The summed E-state index contributed by atoms with van der Waals surface area (Å²) in [5, 5.41) is 2.88. The third-order valence-corrected chi connectivity index (χ3v) is 3.97. The van der Waals surface area contributed by atoms with E-state index in [-0.39, 0.29) is 18.2 Å². The van der Waals surface area contributed by atoms with E-state index in [0.29, 0.717) is 18.0 Å². The monoisotopic (exact) mass is 325 g/mol. The Labute approximate surface area is 140 Å². The van der Waals surface area contributed by atoms with Gasteiger partial charge in [-0.25, -0.2) is 0 Å². The fraction of sp³-hybridized carbons (Fsp3) is 0.278. The summed E-state index contributed by atoms with van der Waals surface area (Å²) >= 11 is 0. The molecular weight excluding hydrogens is 306 g/mol. The highest BCUT2D eigenvalue weighted by atomic mass is 16.5. The molecule has 6 heteroatoms. The number of carbonyl (C=O) groups excluding carboxylic acids is 2. The van der Waals surface area contributed by atoms with Gasteiger partial charge in [0, 0.05) is 26.0 Å². The summed E-state index contributed by atoms with van der Waals surface area (Å²) in [6.45, 7) is 2.19. The van der Waals surface area contributed by atoms with Crippen molar-refractivity contribution in [2.75, 3.05) is 11.9 Å². The van der Waals surface area contributed by atoms with Crippen LogP contribution < -0.4 is 15.0 Å². The van der Waals surface area contributed by atoms with Gasteiger partial charge in [0.25, 0.3) is 5.91 Å². The summed E-state index contributed by atoms with van der Waals surface area (Å²) in [5.41, 5.74) is 2.52. The SMILES string of the molecule is CC1Oc2ccc(CC(=O)NCc3ccncc3)cc2N(C)C1=O. The number of rotatable bonds is 4. The van der Waals surface area contributed by atoms with E-state index in [1.807, 2.05) is 24.3 Å². The van der Waals surface area contributed by atoms with Crippen LogP contribution in [0, 0.1) is 0 Å². The molecule has 124 valence electrons. The lowest BCUT2D eigenvalue weighted by atomic mass is 10.1. The summed E-state index contributed by atoms with van der Waals surface area (Å²) in [6.07, 6.45) is 3.14. The predicted octanol–water partition coefficient (Wildman–Crippen LogP) is 1.68. The Morgan fingerprint density at radius 1 is 1.25 bits per heavy atom. The first-order chi connectivity index (χ1) is 11.5. The second kappa shape index (κ2) is 6.70. The van der Waals surface area contributed by atoms with E-state index >= 15 is 0 Å². The van der Waals surface area contributed by atoms with Crippen molar-refractivity contribution < 1.29 is 14.3 Å². The van der Waals surface area contributed by atoms with E-state index in [0.717, 1.165) is 11.1 Å². The van der Waals surface area contributed by atoms with E-state index in [9.17, 15) is 9.59 Å². The van der Waals surface area contributed by atoms with E-state index in [2.05, 4.69) is 10.3 Å². The zero-order chi connectivity index (χ0) is 17.1. The van der Waals surface area contributed by atoms with Gasteiger partial charge in [0.15, 0.2) is 6.10 Å². The van der Waals surface area contributed by atoms with E-state index in [1.54, 1.807) is 37.3 Å². The lowest BCUT2D eigenvalue weighted by Crippen LogP contribution is -2.42. The molecule has 0 fully saturated rings. The molecule has 1 aromatic heterocycles. The Morgan fingerprint density at radius 3 is 2.75 bits per heavy atom. The number of amides is 2. The van der Waals surface area contributed by atoms with Crippen LogP contribution in [0.2, 0.25) is 0 Å². The number of hydrogen-bond donors (Lipinski definition) is 1. The maximum Gasteiger partial charge on any atom is 0.267 e. The van der Waals surface area contributed by atoms with Gasteiger partial charge in [-0.1, -0.05) is 6.07 Å². The molecule has 0 saturated heterocycles. The molecule has 1 aliphatic heterocycles. The molecule has 2 aromatic rings. The molecule has 1 atom stereocenters. The van der Waals surface area contributed by atoms with Crippen LogP contribution in [0.25, 0.3) is 0 Å². The Hall–Kier alpha value is -2.89. The summed E-state index contributed by atoms with van der Waals surface area (Å²) in [6, 6.07) is 9.20. The van der Waals surface area contributed by atoms with E-state index < -0.39 is 6.10 Å². The molecule has 0 aliphatic carbocycles. The van der Waals surface area contributed by atoms with Crippen molar-refractivity contribution >= 4 is 17.5 Å². The van der Waals surface area contributed by atoms with Crippen LogP contribution in [-0.4, -0.2) is 29.9 Å². The lowest BCUT2D eigenvalue weighted by Gasteiger charge is -2.30. The van der Waals surface area contributed by atoms with Crippen molar-refractivity contribution in [2.24, 2.45) is 0 Å². The Balaban J connectivity index is 1.66. The van der Waals surface area contributed by atoms with Gasteiger partial charge in [-0.2, -0.15) is 0 Å². The Bertz CT molecular complexity index is 761. The third kappa shape index (κ3) is 3.37. The van der Waals surface area contributed by atoms with Gasteiger partial charge in [0.05, 0.1) is 12.1 Å². The van der Waals surface area contributed by atoms with Crippen LogP contribution in [0.5, 0.6) is 5.75 Å². The zero-order valence-electron chi connectivity index (χ0n) is 13.7. The van der Waals surface area contributed by atoms with Gasteiger partial charge < -0.3 is 15.0 Å². The number of carbonyl (C=O) groups is 2. The van der Waals surface area contributed by atoms with Crippen molar-refractivity contribution in [3.63, 3.8) is 0 Å². The molecule has 2 heterocycles. The first-order valence-electron chi connectivity index (χ1n) is 7.77. The van der Waals surface area contributed by atoms with Crippen molar-refractivity contribution in [3.05, 3.63) is 53.9 Å². The van der Waals surface area contributed by atoms with Crippen LogP contribution >= 0.6 is 0 Å². The first kappa shape index (κ1) is 16.0. The van der Waals surface area contributed by atoms with Gasteiger partial charge in [0.1, 0.15) is 5.75 Å². The number of pyridine rings is 1. The number of benzene rings is 1. The standard InChI is InChI=1S/C18H19N3O3/c1-12-18(23)21(2)15-9-14(3-4-16(15)24-12)10-17(22)20-11-13-5-7-19-8-6-13/h3-9,12H,10-11H2,1-2H3,(H,20,22). The summed E-state index contributed by atoms with van der Waals surface area (Å²) in [5.74, 6) is 0.484. The number of fused-ring (bicyclic) bond motifs is 1. The molecule has 0 radical (unpaired) electrons. The minimum absolute atomic E-state index is 0.0779. The quantitative estimate of drug-likeness (QED) is 0.928. The fourth-order valence-electron chi connectivity index (χ4n) is 2.62. The van der Waals surface area contributed by atoms with Crippen molar-refractivity contribution in [2.45, 2.75) is 26.0 Å². The number of likely N-dealkylation sites (N-methyl/N-ethyl adjacent to an activating group) is 1. The largest absolute Gasteiger partial charge is 0.479 e. The third-order valence-electron chi connectivity index (χ3n) is 3.97. The maximum atomic E-state index is 12.1. The van der Waals surface area contributed by atoms with Gasteiger partial charge in [-0.05, 0) is 42.3 Å². The Kier molecular flexibility index (Phi) is 4.46. The summed E-state index contributed by atoms with van der Waals surface area (Å²) < 4.78 is 5.58. The Morgan fingerprint density at radius 2 is 2.00 bits per heavy atom. The van der Waals surface area contributed by atoms with Gasteiger partial charge >= 0.3 is 0 Å². The molecule has 24 heavy (non-hydrogen) atoms. The van der Waals surface area contributed by atoms with Crippen molar-refractivity contribution in [1.82, 2.24) is 10.3 Å². The minimum atomic E-state index is -0.489. The van der Waals surface area contributed by atoms with Crippen molar-refractivity contribution in [1.29, 1.82) is 0 Å². The normalized spacial score (nSPS) is 16.3. The fourth-order valence-corrected chi connectivity index (χ4v) is 2.62. The molecular formula is C18H19N3O3. The van der Waals surface area contributed by atoms with Crippen LogP contribution in [0.15, 0.2) is 42.7 Å². The molecule has 0 saturated carbocycles. The molecule has 1 aliphatic rings. The second-order valence-corrected chi connectivity index (χ2v) is 5.77. The smallest absolute Gasteiger partial charge is 0.267 e. The second-order valence-electron chi connectivity index (χ2n) is 5.77. The molecule has 6 nitrogen and oxygen atoms in total. The van der Waals surface area contributed by atoms with Gasteiger partial charge in [0.2, 0.25) is 5.91 Å². The van der Waals surface area contributed by atoms with Gasteiger partial charge in [-0.3, -0.25) is 14.6 Å². The number of ether oxygens (including phenoxy) is 1.